The minimum atomic E-state index is -0.876. The Balaban J connectivity index is 1.79. The minimum absolute atomic E-state index is 0.0710. The number of hydrogen-bond donors (Lipinski definition) is 3. The molecule has 29 heavy (non-hydrogen) atoms. The monoisotopic (exact) mass is 403 g/mol. The molecule has 1 aliphatic heterocycles. The average molecular weight is 403 g/mol. The summed E-state index contributed by atoms with van der Waals surface area (Å²) in [6.45, 7) is 4.21. The van der Waals surface area contributed by atoms with Crippen molar-refractivity contribution in [1.82, 2.24) is 20.2 Å². The van der Waals surface area contributed by atoms with Crippen LogP contribution in [0.2, 0.25) is 0 Å². The summed E-state index contributed by atoms with van der Waals surface area (Å²) in [6.07, 6.45) is 6.02. The van der Waals surface area contributed by atoms with Crippen molar-refractivity contribution in [3.05, 3.63) is 18.2 Å². The molecule has 0 radical (unpaired) electrons. The third-order valence-electron chi connectivity index (χ3n) is 6.04. The lowest BCUT2D eigenvalue weighted by Gasteiger charge is -2.33. The molecule has 2 fully saturated rings. The van der Waals surface area contributed by atoms with E-state index < -0.39 is 29.3 Å². The molecular formula is C20H29N5O4. The number of carbonyl (C=O) groups is 4. The topological polar surface area (TPSA) is 138 Å². The molecule has 2 heterocycles. The molecule has 9 heteroatoms. The van der Waals surface area contributed by atoms with E-state index in [2.05, 4.69) is 15.3 Å². The third kappa shape index (κ3) is 4.65. The molecule has 1 aliphatic carbocycles. The van der Waals surface area contributed by atoms with Crippen LogP contribution < -0.4 is 11.1 Å². The van der Waals surface area contributed by atoms with Gasteiger partial charge in [0.2, 0.25) is 17.7 Å². The van der Waals surface area contributed by atoms with Gasteiger partial charge in [0.25, 0.3) is 0 Å². The van der Waals surface area contributed by atoms with Gasteiger partial charge in [0, 0.05) is 37.9 Å². The molecule has 1 unspecified atom stereocenters. The highest BCUT2D eigenvalue weighted by molar-refractivity contribution is 5.94. The molecule has 0 bridgehead atoms. The van der Waals surface area contributed by atoms with Gasteiger partial charge in [0.05, 0.1) is 12.0 Å². The summed E-state index contributed by atoms with van der Waals surface area (Å²) in [6, 6.07) is -1.61. The number of Topliss-reactive ketones (excluding diaryl/α,β-unsaturated/α-hetero) is 1. The van der Waals surface area contributed by atoms with E-state index >= 15 is 0 Å². The van der Waals surface area contributed by atoms with E-state index in [4.69, 9.17) is 5.73 Å². The Morgan fingerprint density at radius 1 is 1.41 bits per heavy atom. The Bertz CT molecular complexity index is 789. The zero-order valence-electron chi connectivity index (χ0n) is 16.9. The lowest BCUT2D eigenvalue weighted by atomic mass is 9.84. The van der Waals surface area contributed by atoms with Gasteiger partial charge in [-0.05, 0) is 24.7 Å². The van der Waals surface area contributed by atoms with Gasteiger partial charge in [-0.25, -0.2) is 4.98 Å². The number of rotatable bonds is 6. The van der Waals surface area contributed by atoms with Crippen LogP contribution in [0.3, 0.4) is 0 Å². The number of ketones is 1. The maximum absolute atomic E-state index is 13.4. The number of nitrogens with zero attached hydrogens (tertiary/aromatic N) is 2. The summed E-state index contributed by atoms with van der Waals surface area (Å²) in [5.41, 5.74) is 5.79. The smallest absolute Gasteiger partial charge is 0.246 e. The maximum Gasteiger partial charge on any atom is 0.246 e. The first-order valence-electron chi connectivity index (χ1n) is 10.1. The van der Waals surface area contributed by atoms with Crippen molar-refractivity contribution < 1.29 is 19.2 Å². The second-order valence-electron chi connectivity index (χ2n) is 8.73. The van der Waals surface area contributed by atoms with Crippen LogP contribution in [0.15, 0.2) is 12.5 Å². The van der Waals surface area contributed by atoms with Crippen LogP contribution in [-0.4, -0.2) is 57.0 Å². The summed E-state index contributed by atoms with van der Waals surface area (Å²) in [5, 5.41) is 2.82. The molecule has 3 rings (SSSR count). The highest BCUT2D eigenvalue weighted by atomic mass is 16.2. The van der Waals surface area contributed by atoms with Gasteiger partial charge in [-0.3, -0.25) is 19.2 Å². The maximum atomic E-state index is 13.4. The van der Waals surface area contributed by atoms with Crippen molar-refractivity contribution in [3.8, 4) is 0 Å². The van der Waals surface area contributed by atoms with E-state index in [0.29, 0.717) is 37.9 Å². The average Bonchev–Trinajstić information content (AvgIpc) is 3.27. The van der Waals surface area contributed by atoms with Crippen LogP contribution in [0, 0.1) is 11.3 Å². The first-order chi connectivity index (χ1) is 13.7. The number of nitrogens with one attached hydrogen (secondary N) is 2. The summed E-state index contributed by atoms with van der Waals surface area (Å²) >= 11 is 0. The number of aromatic nitrogens is 2. The molecule has 1 aromatic rings. The fraction of sp³-hybridized carbons (Fsp3) is 0.650. The van der Waals surface area contributed by atoms with Crippen molar-refractivity contribution in [2.45, 2.75) is 64.5 Å². The van der Waals surface area contributed by atoms with Gasteiger partial charge >= 0.3 is 0 Å². The highest BCUT2D eigenvalue weighted by Gasteiger charge is 2.47. The summed E-state index contributed by atoms with van der Waals surface area (Å²) in [4.78, 5) is 58.4. The SMILES string of the molecule is CC1(C)CCN(C(=O)[C@H](Cc2c[nH]cn2)NC(=O)C2CCCC(=O)C2)[C@@H]1C(N)=O. The Hall–Kier alpha value is -2.71. The molecule has 3 atom stereocenters. The summed E-state index contributed by atoms with van der Waals surface area (Å²) in [7, 11) is 0. The predicted molar refractivity (Wildman–Crippen MR) is 104 cm³/mol. The van der Waals surface area contributed by atoms with Gasteiger partial charge in [0.1, 0.15) is 17.9 Å². The van der Waals surface area contributed by atoms with E-state index in [1.165, 1.54) is 11.2 Å². The fourth-order valence-corrected chi connectivity index (χ4v) is 4.42. The number of hydrogen-bond acceptors (Lipinski definition) is 5. The van der Waals surface area contributed by atoms with E-state index in [-0.39, 0.29) is 30.4 Å². The molecule has 1 saturated heterocycles. The van der Waals surface area contributed by atoms with E-state index in [0.717, 1.165) is 0 Å². The number of carbonyl (C=O) groups excluding carboxylic acids is 4. The van der Waals surface area contributed by atoms with Crippen molar-refractivity contribution in [3.63, 3.8) is 0 Å². The molecular weight excluding hydrogens is 374 g/mol. The van der Waals surface area contributed by atoms with Gasteiger partial charge in [-0.15, -0.1) is 0 Å². The highest BCUT2D eigenvalue weighted by Crippen LogP contribution is 2.36. The van der Waals surface area contributed by atoms with E-state index in [9.17, 15) is 19.2 Å². The number of likely N-dealkylation sites (tertiary alicyclic amines) is 1. The molecule has 4 N–H and O–H groups in total. The fourth-order valence-electron chi connectivity index (χ4n) is 4.42. The Morgan fingerprint density at radius 2 is 2.17 bits per heavy atom. The molecule has 1 aromatic heterocycles. The number of primary amides is 1. The molecule has 2 aliphatic rings. The number of aromatic amines is 1. The molecule has 3 amide bonds. The van der Waals surface area contributed by atoms with Crippen LogP contribution in [0.5, 0.6) is 0 Å². The minimum Gasteiger partial charge on any atom is -0.368 e. The van der Waals surface area contributed by atoms with Crippen LogP contribution in [-0.2, 0) is 25.6 Å². The normalized spacial score (nSPS) is 24.9. The second-order valence-corrected chi connectivity index (χ2v) is 8.73. The number of imidazole rings is 1. The van der Waals surface area contributed by atoms with Crippen LogP contribution in [0.25, 0.3) is 0 Å². The molecule has 158 valence electrons. The van der Waals surface area contributed by atoms with E-state index in [1.54, 1.807) is 6.20 Å². The first kappa shape index (κ1) is 21.0. The van der Waals surface area contributed by atoms with Crippen molar-refractivity contribution in [2.75, 3.05) is 6.54 Å². The Labute approximate surface area is 169 Å². The van der Waals surface area contributed by atoms with Gasteiger partial charge in [-0.1, -0.05) is 13.8 Å². The lowest BCUT2D eigenvalue weighted by Crippen LogP contribution is -2.56. The number of amides is 3. The summed E-state index contributed by atoms with van der Waals surface area (Å²) < 4.78 is 0. The van der Waals surface area contributed by atoms with Crippen LogP contribution >= 0.6 is 0 Å². The zero-order chi connectivity index (χ0) is 21.2. The zero-order valence-corrected chi connectivity index (χ0v) is 16.9. The number of nitrogens with two attached hydrogens (primary N) is 1. The van der Waals surface area contributed by atoms with Crippen LogP contribution in [0.4, 0.5) is 0 Å². The van der Waals surface area contributed by atoms with E-state index in [1.807, 2.05) is 13.8 Å². The Kier molecular flexibility index (Phi) is 6.04. The van der Waals surface area contributed by atoms with Crippen LogP contribution in [0.1, 0.15) is 51.6 Å². The standard InChI is InChI=1S/C20H29N5O4/c1-20(2)6-7-25(16(20)17(21)27)19(29)15(9-13-10-22-11-23-13)24-18(28)12-4-3-5-14(26)8-12/h10-12,15-16H,3-9H2,1-2H3,(H2,21,27)(H,22,23)(H,24,28)/t12?,15-,16+/m0/s1. The summed E-state index contributed by atoms with van der Waals surface area (Å²) in [5.74, 6) is -1.56. The lowest BCUT2D eigenvalue weighted by molar-refractivity contribution is -0.143. The predicted octanol–water partition coefficient (Wildman–Crippen LogP) is 0.309. The third-order valence-corrected chi connectivity index (χ3v) is 6.04. The quantitative estimate of drug-likeness (QED) is 0.627. The van der Waals surface area contributed by atoms with Gasteiger partial charge in [0.15, 0.2) is 0 Å². The Morgan fingerprint density at radius 3 is 2.79 bits per heavy atom. The second kappa shape index (κ2) is 8.34. The van der Waals surface area contributed by atoms with Gasteiger partial charge in [-0.2, -0.15) is 0 Å². The first-order valence-corrected chi connectivity index (χ1v) is 10.1. The number of H-pyrrole nitrogens is 1. The molecule has 9 nitrogen and oxygen atoms in total. The molecule has 0 spiro atoms. The van der Waals surface area contributed by atoms with Crippen molar-refractivity contribution >= 4 is 23.5 Å². The van der Waals surface area contributed by atoms with Crippen molar-refractivity contribution in [1.29, 1.82) is 0 Å². The molecule has 0 aromatic carbocycles. The largest absolute Gasteiger partial charge is 0.368 e. The van der Waals surface area contributed by atoms with Gasteiger partial charge < -0.3 is 20.9 Å². The molecule has 1 saturated carbocycles. The van der Waals surface area contributed by atoms with Crippen molar-refractivity contribution in [2.24, 2.45) is 17.1 Å².